The van der Waals surface area contributed by atoms with E-state index in [0.717, 1.165) is 6.07 Å². The number of rotatable bonds is 5. The number of hydrogen-bond acceptors (Lipinski definition) is 5. The highest BCUT2D eigenvalue weighted by Gasteiger charge is 2.16. The molecule has 0 spiro atoms. The summed E-state index contributed by atoms with van der Waals surface area (Å²) >= 11 is 0. The number of ether oxygens (including phenoxy) is 1. The van der Waals surface area contributed by atoms with E-state index in [9.17, 15) is 24.1 Å². The minimum atomic E-state index is -0.854. The van der Waals surface area contributed by atoms with Gasteiger partial charge < -0.3 is 10.1 Å². The molecule has 2 rings (SSSR count). The first-order valence-electron chi connectivity index (χ1n) is 6.84. The number of carbonyl (C=O) groups excluding carboxylic acids is 2. The van der Waals surface area contributed by atoms with E-state index in [4.69, 9.17) is 4.74 Å². The molecule has 0 aromatic heterocycles. The number of aryl methyl sites for hydroxylation is 1. The second-order valence-electron chi connectivity index (χ2n) is 4.89. The van der Waals surface area contributed by atoms with Crippen molar-refractivity contribution < 1.29 is 23.6 Å². The molecule has 7 nitrogen and oxygen atoms in total. The number of carbonyl (C=O) groups is 2. The van der Waals surface area contributed by atoms with Gasteiger partial charge in [0.2, 0.25) is 0 Å². The van der Waals surface area contributed by atoms with Crippen LogP contribution in [0.25, 0.3) is 0 Å². The van der Waals surface area contributed by atoms with Crippen molar-refractivity contribution in [2.75, 3.05) is 11.9 Å². The van der Waals surface area contributed by atoms with Crippen LogP contribution >= 0.6 is 0 Å². The number of halogens is 1. The average Bonchev–Trinajstić information content (AvgIpc) is 2.55. The predicted molar refractivity (Wildman–Crippen MR) is 83.1 cm³/mol. The molecule has 0 fully saturated rings. The summed E-state index contributed by atoms with van der Waals surface area (Å²) in [7, 11) is 0. The first-order valence-corrected chi connectivity index (χ1v) is 6.84. The molecule has 0 saturated heterocycles. The van der Waals surface area contributed by atoms with Gasteiger partial charge in [-0.1, -0.05) is 6.07 Å². The lowest BCUT2D eigenvalue weighted by atomic mass is 10.1. The topological polar surface area (TPSA) is 98.5 Å². The van der Waals surface area contributed by atoms with Gasteiger partial charge in [-0.3, -0.25) is 14.9 Å². The molecule has 124 valence electrons. The summed E-state index contributed by atoms with van der Waals surface area (Å²) in [4.78, 5) is 33.8. The molecule has 1 amide bonds. The van der Waals surface area contributed by atoms with E-state index in [1.54, 1.807) is 6.92 Å². The number of anilines is 1. The van der Waals surface area contributed by atoms with Gasteiger partial charge in [-0.15, -0.1) is 0 Å². The standard InChI is InChI=1S/C16H13FN2O5/c1-10-2-3-11(8-14(10)19(22)23)16(21)24-9-15(20)18-13-6-4-12(17)5-7-13/h2-8H,9H2,1H3,(H,18,20). The van der Waals surface area contributed by atoms with E-state index in [1.165, 1.54) is 36.4 Å². The van der Waals surface area contributed by atoms with Crippen molar-refractivity contribution in [1.82, 2.24) is 0 Å². The van der Waals surface area contributed by atoms with Crippen molar-refractivity contribution in [2.24, 2.45) is 0 Å². The number of esters is 1. The van der Waals surface area contributed by atoms with Crippen LogP contribution in [0, 0.1) is 22.9 Å². The molecule has 0 saturated carbocycles. The van der Waals surface area contributed by atoms with E-state index in [-0.39, 0.29) is 11.3 Å². The van der Waals surface area contributed by atoms with Crippen molar-refractivity contribution in [3.05, 3.63) is 69.5 Å². The van der Waals surface area contributed by atoms with Crippen LogP contribution in [-0.2, 0) is 9.53 Å². The van der Waals surface area contributed by atoms with Crippen LogP contribution in [0.4, 0.5) is 15.8 Å². The van der Waals surface area contributed by atoms with Gasteiger partial charge in [-0.25, -0.2) is 9.18 Å². The largest absolute Gasteiger partial charge is 0.452 e. The van der Waals surface area contributed by atoms with Gasteiger partial charge in [0.1, 0.15) is 5.82 Å². The lowest BCUT2D eigenvalue weighted by molar-refractivity contribution is -0.385. The van der Waals surface area contributed by atoms with E-state index in [2.05, 4.69) is 5.32 Å². The van der Waals surface area contributed by atoms with Crippen LogP contribution < -0.4 is 5.32 Å². The third kappa shape index (κ3) is 4.35. The summed E-state index contributed by atoms with van der Waals surface area (Å²) < 4.78 is 17.6. The van der Waals surface area contributed by atoms with E-state index >= 15 is 0 Å². The number of nitro benzene ring substituents is 1. The van der Waals surface area contributed by atoms with Crippen LogP contribution in [0.5, 0.6) is 0 Å². The fraction of sp³-hybridized carbons (Fsp3) is 0.125. The summed E-state index contributed by atoms with van der Waals surface area (Å²) in [6, 6.07) is 8.96. The van der Waals surface area contributed by atoms with Crippen molar-refractivity contribution in [3.8, 4) is 0 Å². The number of nitrogens with zero attached hydrogens (tertiary/aromatic N) is 1. The zero-order chi connectivity index (χ0) is 17.7. The van der Waals surface area contributed by atoms with E-state index in [0.29, 0.717) is 11.3 Å². The Morgan fingerprint density at radius 1 is 1.21 bits per heavy atom. The minimum absolute atomic E-state index is 0.0260. The maximum Gasteiger partial charge on any atom is 0.338 e. The molecule has 0 atom stereocenters. The van der Waals surface area contributed by atoms with Crippen molar-refractivity contribution in [3.63, 3.8) is 0 Å². The maximum absolute atomic E-state index is 12.8. The lowest BCUT2D eigenvalue weighted by Gasteiger charge is -2.07. The van der Waals surface area contributed by atoms with Crippen LogP contribution in [0.1, 0.15) is 15.9 Å². The number of nitro groups is 1. The Labute approximate surface area is 136 Å². The summed E-state index contributed by atoms with van der Waals surface area (Å²) in [6.07, 6.45) is 0. The lowest BCUT2D eigenvalue weighted by Crippen LogP contribution is -2.21. The first-order chi connectivity index (χ1) is 11.4. The van der Waals surface area contributed by atoms with Crippen LogP contribution in [0.15, 0.2) is 42.5 Å². The Morgan fingerprint density at radius 3 is 2.50 bits per heavy atom. The summed E-state index contributed by atoms with van der Waals surface area (Å²) in [5.74, 6) is -1.91. The van der Waals surface area contributed by atoms with Crippen molar-refractivity contribution in [1.29, 1.82) is 0 Å². The maximum atomic E-state index is 12.8. The number of benzene rings is 2. The van der Waals surface area contributed by atoms with Crippen LogP contribution in [0.2, 0.25) is 0 Å². The highest BCUT2D eigenvalue weighted by molar-refractivity contribution is 5.95. The van der Waals surface area contributed by atoms with Gasteiger partial charge in [0, 0.05) is 17.3 Å². The highest BCUT2D eigenvalue weighted by atomic mass is 19.1. The fourth-order valence-electron chi connectivity index (χ4n) is 1.88. The number of nitrogens with one attached hydrogen (secondary N) is 1. The quantitative estimate of drug-likeness (QED) is 0.516. The fourth-order valence-corrected chi connectivity index (χ4v) is 1.88. The monoisotopic (exact) mass is 332 g/mol. The highest BCUT2D eigenvalue weighted by Crippen LogP contribution is 2.19. The SMILES string of the molecule is Cc1ccc(C(=O)OCC(=O)Nc2ccc(F)cc2)cc1[N+](=O)[O-]. The smallest absolute Gasteiger partial charge is 0.338 e. The van der Waals surface area contributed by atoms with Gasteiger partial charge in [0.05, 0.1) is 10.5 Å². The van der Waals surface area contributed by atoms with Gasteiger partial charge >= 0.3 is 5.97 Å². The molecular formula is C16H13FN2O5. The molecule has 0 aliphatic rings. The van der Waals surface area contributed by atoms with E-state index < -0.39 is 29.2 Å². The molecule has 24 heavy (non-hydrogen) atoms. The zero-order valence-electron chi connectivity index (χ0n) is 12.6. The Morgan fingerprint density at radius 2 is 1.88 bits per heavy atom. The third-order valence-corrected chi connectivity index (χ3v) is 3.10. The number of amides is 1. The Balaban J connectivity index is 1.95. The molecule has 1 N–H and O–H groups in total. The zero-order valence-corrected chi connectivity index (χ0v) is 12.6. The number of hydrogen-bond donors (Lipinski definition) is 1. The van der Waals surface area contributed by atoms with Crippen molar-refractivity contribution in [2.45, 2.75) is 6.92 Å². The molecule has 2 aromatic rings. The summed E-state index contributed by atoms with van der Waals surface area (Å²) in [5, 5.41) is 13.3. The molecule has 0 aliphatic heterocycles. The summed E-state index contributed by atoms with van der Waals surface area (Å²) in [5.41, 5.74) is 0.524. The second-order valence-corrected chi connectivity index (χ2v) is 4.89. The molecule has 2 aromatic carbocycles. The average molecular weight is 332 g/mol. The molecule has 8 heteroatoms. The molecular weight excluding hydrogens is 319 g/mol. The van der Waals surface area contributed by atoms with Crippen LogP contribution in [-0.4, -0.2) is 23.4 Å². The molecule has 0 heterocycles. The summed E-state index contributed by atoms with van der Waals surface area (Å²) in [6.45, 7) is 0.973. The van der Waals surface area contributed by atoms with Gasteiger partial charge in [-0.2, -0.15) is 0 Å². The third-order valence-electron chi connectivity index (χ3n) is 3.10. The first kappa shape index (κ1) is 17.1. The molecule has 0 bridgehead atoms. The Hall–Kier alpha value is -3.29. The Bertz CT molecular complexity index is 790. The second kappa shape index (κ2) is 7.32. The van der Waals surface area contributed by atoms with Crippen molar-refractivity contribution >= 4 is 23.3 Å². The van der Waals surface area contributed by atoms with Gasteiger partial charge in [0.15, 0.2) is 6.61 Å². The normalized spacial score (nSPS) is 10.1. The molecule has 0 aliphatic carbocycles. The molecule has 0 radical (unpaired) electrons. The molecule has 0 unspecified atom stereocenters. The van der Waals surface area contributed by atoms with Gasteiger partial charge in [0.25, 0.3) is 11.6 Å². The van der Waals surface area contributed by atoms with E-state index in [1.807, 2.05) is 0 Å². The Kier molecular flexibility index (Phi) is 5.20. The minimum Gasteiger partial charge on any atom is -0.452 e. The predicted octanol–water partition coefficient (Wildman–Crippen LogP) is 2.84. The van der Waals surface area contributed by atoms with Gasteiger partial charge in [-0.05, 0) is 37.3 Å². The van der Waals surface area contributed by atoms with Crippen LogP contribution in [0.3, 0.4) is 0 Å².